The van der Waals surface area contributed by atoms with Gasteiger partial charge in [-0.05, 0) is 29.2 Å². The van der Waals surface area contributed by atoms with Crippen LogP contribution in [0.5, 0.6) is 0 Å². The first-order chi connectivity index (χ1) is 9.68. The van der Waals surface area contributed by atoms with Crippen molar-refractivity contribution in [1.29, 1.82) is 0 Å². The number of benzene rings is 2. The Kier molecular flexibility index (Phi) is 3.99. The molecule has 104 valence electrons. The van der Waals surface area contributed by atoms with Crippen LogP contribution in [0.2, 0.25) is 10.0 Å². The molecular weight excluding hydrogens is 293 g/mol. The number of nitrogens with two attached hydrogens (primary N) is 1. The summed E-state index contributed by atoms with van der Waals surface area (Å²) in [6.07, 6.45) is 0.735. The van der Waals surface area contributed by atoms with E-state index in [2.05, 4.69) is 12.1 Å². The summed E-state index contributed by atoms with van der Waals surface area (Å²) in [6.45, 7) is 0.674. The molecule has 3 rings (SSSR count). The molecule has 0 radical (unpaired) electrons. The van der Waals surface area contributed by atoms with Crippen LogP contribution in [-0.4, -0.2) is 6.61 Å². The summed E-state index contributed by atoms with van der Waals surface area (Å²) in [5.41, 5.74) is 9.64. The van der Waals surface area contributed by atoms with Crippen LogP contribution >= 0.6 is 23.2 Å². The van der Waals surface area contributed by atoms with Gasteiger partial charge in [-0.25, -0.2) is 0 Å². The van der Waals surface area contributed by atoms with E-state index in [-0.39, 0.29) is 12.1 Å². The Morgan fingerprint density at radius 3 is 2.75 bits per heavy atom. The van der Waals surface area contributed by atoms with Crippen molar-refractivity contribution in [2.24, 2.45) is 5.73 Å². The lowest BCUT2D eigenvalue weighted by atomic mass is 9.90. The summed E-state index contributed by atoms with van der Waals surface area (Å²) in [5, 5.41) is 1.03. The predicted octanol–water partition coefficient (Wildman–Crippen LogP) is 4.31. The van der Waals surface area contributed by atoms with Crippen LogP contribution < -0.4 is 5.73 Å². The van der Waals surface area contributed by atoms with Crippen LogP contribution in [0.25, 0.3) is 0 Å². The van der Waals surface area contributed by atoms with Gasteiger partial charge in [-0.2, -0.15) is 0 Å². The molecule has 0 aliphatic carbocycles. The molecule has 1 heterocycles. The smallest absolute Gasteiger partial charge is 0.102 e. The van der Waals surface area contributed by atoms with Crippen LogP contribution in [0.4, 0.5) is 0 Å². The van der Waals surface area contributed by atoms with E-state index in [0.717, 1.165) is 17.5 Å². The second-order valence-electron chi connectivity index (χ2n) is 4.91. The van der Waals surface area contributed by atoms with Crippen LogP contribution in [0, 0.1) is 0 Å². The Balaban J connectivity index is 2.00. The summed E-state index contributed by atoms with van der Waals surface area (Å²) in [5.74, 6) is 0. The molecule has 1 aliphatic rings. The average Bonchev–Trinajstić information content (AvgIpc) is 2.49. The van der Waals surface area contributed by atoms with Crippen LogP contribution in [0.3, 0.4) is 0 Å². The van der Waals surface area contributed by atoms with Crippen LogP contribution in [-0.2, 0) is 11.2 Å². The third kappa shape index (κ3) is 2.45. The van der Waals surface area contributed by atoms with Gasteiger partial charge in [0.05, 0.1) is 22.7 Å². The van der Waals surface area contributed by atoms with Crippen molar-refractivity contribution >= 4 is 23.2 Å². The summed E-state index contributed by atoms with van der Waals surface area (Å²) >= 11 is 12.3. The molecule has 0 amide bonds. The highest BCUT2D eigenvalue weighted by Gasteiger charge is 2.28. The first-order valence-electron chi connectivity index (χ1n) is 6.57. The second-order valence-corrected chi connectivity index (χ2v) is 5.69. The molecule has 2 atom stereocenters. The highest BCUT2D eigenvalue weighted by molar-refractivity contribution is 6.42. The van der Waals surface area contributed by atoms with Gasteiger partial charge >= 0.3 is 0 Å². The lowest BCUT2D eigenvalue weighted by Crippen LogP contribution is -2.27. The third-order valence-electron chi connectivity index (χ3n) is 3.70. The molecule has 0 spiro atoms. The van der Waals surface area contributed by atoms with Gasteiger partial charge in [-0.15, -0.1) is 0 Å². The first-order valence-corrected chi connectivity index (χ1v) is 7.33. The van der Waals surface area contributed by atoms with Crippen molar-refractivity contribution in [3.63, 3.8) is 0 Å². The number of rotatable bonds is 2. The van der Waals surface area contributed by atoms with E-state index in [1.807, 2.05) is 24.3 Å². The highest BCUT2D eigenvalue weighted by atomic mass is 35.5. The zero-order chi connectivity index (χ0) is 14.1. The minimum Gasteiger partial charge on any atom is -0.371 e. The van der Waals surface area contributed by atoms with Gasteiger partial charge in [0.15, 0.2) is 0 Å². The zero-order valence-corrected chi connectivity index (χ0v) is 12.4. The lowest BCUT2D eigenvalue weighted by molar-refractivity contribution is 0.0241. The van der Waals surface area contributed by atoms with E-state index in [9.17, 15) is 0 Å². The second kappa shape index (κ2) is 5.74. The monoisotopic (exact) mass is 307 g/mol. The molecule has 20 heavy (non-hydrogen) atoms. The van der Waals surface area contributed by atoms with Gasteiger partial charge in [0.1, 0.15) is 6.10 Å². The molecule has 2 unspecified atom stereocenters. The molecule has 2 N–H and O–H groups in total. The molecule has 2 nitrogen and oxygen atoms in total. The number of hydrogen-bond acceptors (Lipinski definition) is 2. The number of halogens is 2. The normalized spacial score (nSPS) is 19.4. The summed E-state index contributed by atoms with van der Waals surface area (Å²) in [4.78, 5) is 0. The molecule has 0 fully saturated rings. The molecular formula is C16H15Cl2NO. The van der Waals surface area contributed by atoms with Crippen molar-refractivity contribution in [3.8, 4) is 0 Å². The van der Waals surface area contributed by atoms with E-state index in [1.165, 1.54) is 5.56 Å². The molecule has 2 aromatic carbocycles. The quantitative estimate of drug-likeness (QED) is 0.897. The van der Waals surface area contributed by atoms with Gasteiger partial charge in [0.2, 0.25) is 0 Å². The summed E-state index contributed by atoms with van der Waals surface area (Å²) in [6, 6.07) is 13.4. The molecule has 1 aliphatic heterocycles. The maximum absolute atomic E-state index is 6.39. The SMILES string of the molecule is NC(c1cccc(Cl)c1Cl)C1OCCc2ccccc21. The number of ether oxygens (including phenoxy) is 1. The van der Waals surface area contributed by atoms with Crippen LogP contribution in [0.1, 0.15) is 28.8 Å². The molecule has 0 aromatic heterocycles. The fraction of sp³-hybridized carbons (Fsp3) is 0.250. The minimum atomic E-state index is -0.331. The first kappa shape index (κ1) is 13.9. The topological polar surface area (TPSA) is 35.2 Å². The molecule has 2 aromatic rings. The van der Waals surface area contributed by atoms with E-state index >= 15 is 0 Å². The maximum atomic E-state index is 6.39. The van der Waals surface area contributed by atoms with Crippen molar-refractivity contribution in [2.45, 2.75) is 18.6 Å². The highest BCUT2D eigenvalue weighted by Crippen LogP contribution is 2.39. The molecule has 0 saturated carbocycles. The van der Waals surface area contributed by atoms with Gasteiger partial charge in [0.25, 0.3) is 0 Å². The number of hydrogen-bond donors (Lipinski definition) is 1. The number of fused-ring (bicyclic) bond motifs is 1. The fourth-order valence-electron chi connectivity index (χ4n) is 2.66. The van der Waals surface area contributed by atoms with E-state index < -0.39 is 0 Å². The van der Waals surface area contributed by atoms with E-state index in [0.29, 0.717) is 16.7 Å². The summed E-state index contributed by atoms with van der Waals surface area (Å²) < 4.78 is 5.89. The van der Waals surface area contributed by atoms with Crippen molar-refractivity contribution in [3.05, 3.63) is 69.2 Å². The predicted molar refractivity (Wildman–Crippen MR) is 82.2 cm³/mol. The maximum Gasteiger partial charge on any atom is 0.102 e. The lowest BCUT2D eigenvalue weighted by Gasteiger charge is -2.31. The largest absolute Gasteiger partial charge is 0.371 e. The van der Waals surface area contributed by atoms with E-state index in [1.54, 1.807) is 6.07 Å². The van der Waals surface area contributed by atoms with Gasteiger partial charge in [-0.3, -0.25) is 0 Å². The van der Waals surface area contributed by atoms with Gasteiger partial charge in [0, 0.05) is 0 Å². The Morgan fingerprint density at radius 2 is 1.90 bits per heavy atom. The Bertz CT molecular complexity index is 630. The Hall–Kier alpha value is -1.06. The Labute approximate surface area is 128 Å². The fourth-order valence-corrected chi connectivity index (χ4v) is 3.10. The van der Waals surface area contributed by atoms with Crippen molar-refractivity contribution in [1.82, 2.24) is 0 Å². The molecule has 4 heteroatoms. The van der Waals surface area contributed by atoms with E-state index in [4.69, 9.17) is 33.7 Å². The summed E-state index contributed by atoms with van der Waals surface area (Å²) in [7, 11) is 0. The Morgan fingerprint density at radius 1 is 1.10 bits per heavy atom. The van der Waals surface area contributed by atoms with Crippen molar-refractivity contribution in [2.75, 3.05) is 6.61 Å². The van der Waals surface area contributed by atoms with Crippen LogP contribution in [0.15, 0.2) is 42.5 Å². The standard InChI is InChI=1S/C16H15Cl2NO/c17-13-7-3-6-12(14(13)18)15(19)16-11-5-2-1-4-10(11)8-9-20-16/h1-7,15-16H,8-9,19H2. The minimum absolute atomic E-state index is 0.184. The average molecular weight is 308 g/mol. The third-order valence-corrected chi connectivity index (χ3v) is 4.53. The zero-order valence-electron chi connectivity index (χ0n) is 10.9. The van der Waals surface area contributed by atoms with Gasteiger partial charge in [-0.1, -0.05) is 59.6 Å². The van der Waals surface area contributed by atoms with Gasteiger partial charge < -0.3 is 10.5 Å². The molecule has 0 bridgehead atoms. The molecule has 0 saturated heterocycles. The van der Waals surface area contributed by atoms with Crippen molar-refractivity contribution < 1.29 is 4.74 Å².